The van der Waals surface area contributed by atoms with E-state index in [0.29, 0.717) is 6.07 Å². The molecular weight excluding hydrogens is 310 g/mol. The Bertz CT molecular complexity index is 567. The molecule has 1 aromatic rings. The number of nitrogens with two attached hydrogens (primary N) is 1. The van der Waals surface area contributed by atoms with Crippen molar-refractivity contribution in [3.05, 3.63) is 33.4 Å². The Morgan fingerprint density at radius 1 is 1.14 bits per heavy atom. The number of aryl methyl sites for hydroxylation is 1. The summed E-state index contributed by atoms with van der Waals surface area (Å²) >= 11 is 0. The van der Waals surface area contributed by atoms with Crippen molar-refractivity contribution in [1.29, 1.82) is 0 Å². The maximum Gasteiger partial charge on any atom is 0.430 e. The van der Waals surface area contributed by atoms with E-state index in [9.17, 15) is 36.5 Å². The molecule has 0 saturated heterocycles. The van der Waals surface area contributed by atoms with Gasteiger partial charge in [-0.15, -0.1) is 0 Å². The molecule has 0 spiro atoms. The number of nitro benzene ring substituents is 1. The second-order valence-corrected chi connectivity index (χ2v) is 4.19. The third-order valence-corrected chi connectivity index (χ3v) is 2.80. The van der Waals surface area contributed by atoms with Crippen LogP contribution in [0.15, 0.2) is 12.1 Å². The Morgan fingerprint density at radius 2 is 1.57 bits per heavy atom. The molecule has 1 aromatic carbocycles. The molecule has 0 atom stereocenters. The zero-order chi connectivity index (χ0) is 16.8. The lowest BCUT2D eigenvalue weighted by Crippen LogP contribution is -2.54. The summed E-state index contributed by atoms with van der Waals surface area (Å²) in [7, 11) is 0. The van der Waals surface area contributed by atoms with Gasteiger partial charge in [-0.2, -0.15) is 26.3 Å². The van der Waals surface area contributed by atoms with Crippen molar-refractivity contribution in [2.45, 2.75) is 24.9 Å². The van der Waals surface area contributed by atoms with Crippen molar-refractivity contribution >= 4 is 11.4 Å². The molecule has 0 aromatic heterocycles. The molecule has 0 aliphatic carbocycles. The van der Waals surface area contributed by atoms with E-state index in [1.165, 1.54) is 0 Å². The maximum absolute atomic E-state index is 12.7. The number of anilines is 1. The Labute approximate surface area is 113 Å². The fourth-order valence-electron chi connectivity index (χ4n) is 1.63. The fourth-order valence-corrected chi connectivity index (χ4v) is 1.63. The van der Waals surface area contributed by atoms with Gasteiger partial charge in [0.1, 0.15) is 5.69 Å². The first-order valence-corrected chi connectivity index (χ1v) is 5.14. The SMILES string of the molecule is Cc1cc(C(O)(C(F)(F)F)C(F)(F)F)cc([N+](=O)[O-])c1N. The van der Waals surface area contributed by atoms with E-state index < -0.39 is 45.4 Å². The molecule has 11 heteroatoms. The molecule has 0 fully saturated rings. The largest absolute Gasteiger partial charge is 0.430 e. The van der Waals surface area contributed by atoms with Gasteiger partial charge >= 0.3 is 12.4 Å². The predicted molar refractivity (Wildman–Crippen MR) is 58.3 cm³/mol. The minimum atomic E-state index is -6.12. The van der Waals surface area contributed by atoms with Crippen molar-refractivity contribution in [1.82, 2.24) is 0 Å². The van der Waals surface area contributed by atoms with Gasteiger partial charge < -0.3 is 10.8 Å². The van der Waals surface area contributed by atoms with E-state index in [0.717, 1.165) is 6.92 Å². The molecule has 0 aliphatic rings. The lowest BCUT2D eigenvalue weighted by atomic mass is 9.90. The summed E-state index contributed by atoms with van der Waals surface area (Å²) in [6, 6.07) is 0.270. The molecule has 0 radical (unpaired) electrons. The van der Waals surface area contributed by atoms with E-state index >= 15 is 0 Å². The number of hydrogen-bond acceptors (Lipinski definition) is 4. The van der Waals surface area contributed by atoms with Crippen LogP contribution in [0, 0.1) is 17.0 Å². The third kappa shape index (κ3) is 2.60. The minimum absolute atomic E-state index is 0.0384. The number of nitrogens with zero attached hydrogens (tertiary/aromatic N) is 1. The summed E-state index contributed by atoms with van der Waals surface area (Å²) in [5.41, 5.74) is -3.87. The average molecular weight is 318 g/mol. The Balaban J connectivity index is 3.74. The van der Waals surface area contributed by atoms with Gasteiger partial charge in [-0.3, -0.25) is 10.1 Å². The Kier molecular flexibility index (Phi) is 3.85. The van der Waals surface area contributed by atoms with Crippen LogP contribution in [0.3, 0.4) is 0 Å². The van der Waals surface area contributed by atoms with E-state index in [4.69, 9.17) is 10.8 Å². The first-order valence-electron chi connectivity index (χ1n) is 5.14. The van der Waals surface area contributed by atoms with Crippen LogP contribution in [-0.4, -0.2) is 22.4 Å². The number of nitrogen functional groups attached to an aromatic ring is 1. The van der Waals surface area contributed by atoms with Crippen LogP contribution in [-0.2, 0) is 5.60 Å². The van der Waals surface area contributed by atoms with E-state index in [-0.39, 0.29) is 6.07 Å². The molecule has 0 saturated carbocycles. The van der Waals surface area contributed by atoms with Gasteiger partial charge in [-0.25, -0.2) is 0 Å². The Morgan fingerprint density at radius 3 is 1.90 bits per heavy atom. The zero-order valence-electron chi connectivity index (χ0n) is 10.2. The first-order chi connectivity index (χ1) is 9.23. The summed E-state index contributed by atoms with van der Waals surface area (Å²) in [5, 5.41) is 19.8. The molecule has 0 heterocycles. The van der Waals surface area contributed by atoms with Gasteiger partial charge in [-0.05, 0) is 18.6 Å². The van der Waals surface area contributed by atoms with Gasteiger partial charge in [0.25, 0.3) is 11.3 Å². The van der Waals surface area contributed by atoms with E-state index in [2.05, 4.69) is 0 Å². The highest BCUT2D eigenvalue weighted by Gasteiger charge is 2.71. The van der Waals surface area contributed by atoms with E-state index in [1.807, 2.05) is 0 Å². The number of aliphatic hydroxyl groups is 1. The van der Waals surface area contributed by atoms with Crippen LogP contribution in [0.5, 0.6) is 0 Å². The highest BCUT2D eigenvalue weighted by Crippen LogP contribution is 2.51. The maximum atomic E-state index is 12.7. The molecule has 21 heavy (non-hydrogen) atoms. The van der Waals surface area contributed by atoms with Crippen molar-refractivity contribution in [2.75, 3.05) is 5.73 Å². The summed E-state index contributed by atoms with van der Waals surface area (Å²) < 4.78 is 76.1. The number of rotatable bonds is 2. The summed E-state index contributed by atoms with van der Waals surface area (Å²) in [6.07, 6.45) is -12.2. The second kappa shape index (κ2) is 4.76. The number of benzene rings is 1. The summed E-state index contributed by atoms with van der Waals surface area (Å²) in [6.45, 7) is 0.985. The van der Waals surface area contributed by atoms with Crippen molar-refractivity contribution < 1.29 is 36.4 Å². The first kappa shape index (κ1) is 17.0. The molecule has 5 nitrogen and oxygen atoms in total. The monoisotopic (exact) mass is 318 g/mol. The molecule has 118 valence electrons. The smallest absolute Gasteiger partial charge is 0.393 e. The number of halogens is 6. The van der Waals surface area contributed by atoms with Gasteiger partial charge in [0.15, 0.2) is 0 Å². The highest BCUT2D eigenvalue weighted by atomic mass is 19.4. The molecule has 1 rings (SSSR count). The normalized spacial score (nSPS) is 13.3. The average Bonchev–Trinajstić information content (AvgIpc) is 2.27. The van der Waals surface area contributed by atoms with Gasteiger partial charge in [0.2, 0.25) is 0 Å². The van der Waals surface area contributed by atoms with Crippen LogP contribution in [0.4, 0.5) is 37.7 Å². The minimum Gasteiger partial charge on any atom is -0.393 e. The quantitative estimate of drug-likeness (QED) is 0.380. The van der Waals surface area contributed by atoms with Gasteiger partial charge in [0.05, 0.1) is 4.92 Å². The van der Waals surface area contributed by atoms with Crippen LogP contribution < -0.4 is 5.73 Å². The summed E-state index contributed by atoms with van der Waals surface area (Å²) in [5.74, 6) is 0. The summed E-state index contributed by atoms with van der Waals surface area (Å²) in [4.78, 5) is 9.40. The van der Waals surface area contributed by atoms with Gasteiger partial charge in [-0.1, -0.05) is 0 Å². The third-order valence-electron chi connectivity index (χ3n) is 2.80. The molecule has 0 bridgehead atoms. The number of alkyl halides is 6. The number of nitro groups is 1. The molecular formula is C10H8F6N2O3. The van der Waals surface area contributed by atoms with Crippen LogP contribution in [0.2, 0.25) is 0 Å². The Hall–Kier alpha value is -2.04. The van der Waals surface area contributed by atoms with E-state index in [1.54, 1.807) is 0 Å². The van der Waals surface area contributed by atoms with Crippen LogP contribution in [0.1, 0.15) is 11.1 Å². The molecule has 0 amide bonds. The van der Waals surface area contributed by atoms with Crippen LogP contribution >= 0.6 is 0 Å². The zero-order valence-corrected chi connectivity index (χ0v) is 10.2. The fraction of sp³-hybridized carbons (Fsp3) is 0.400. The highest BCUT2D eigenvalue weighted by molar-refractivity contribution is 5.65. The lowest BCUT2D eigenvalue weighted by molar-refractivity contribution is -0.386. The van der Waals surface area contributed by atoms with Crippen molar-refractivity contribution in [3.63, 3.8) is 0 Å². The van der Waals surface area contributed by atoms with Crippen LogP contribution in [0.25, 0.3) is 0 Å². The van der Waals surface area contributed by atoms with Gasteiger partial charge in [0, 0.05) is 11.6 Å². The predicted octanol–water partition coefficient (Wildman–Crippen LogP) is 2.80. The second-order valence-electron chi connectivity index (χ2n) is 4.19. The van der Waals surface area contributed by atoms with Crippen molar-refractivity contribution in [3.8, 4) is 0 Å². The standard InChI is InChI=1S/C10H8F6N2O3/c1-4-2-5(3-6(7(4)17)18(20)21)8(19,9(11,12)13)10(14,15)16/h2-3,19H,17H2,1H3. The number of hydrogen-bond donors (Lipinski definition) is 2. The molecule has 0 unspecified atom stereocenters. The lowest BCUT2D eigenvalue weighted by Gasteiger charge is -2.32. The topological polar surface area (TPSA) is 89.4 Å². The van der Waals surface area contributed by atoms with Crippen molar-refractivity contribution in [2.24, 2.45) is 0 Å². The molecule has 3 N–H and O–H groups in total. The molecule has 0 aliphatic heterocycles.